The minimum absolute atomic E-state index is 0.191. The van der Waals surface area contributed by atoms with Gasteiger partial charge in [-0.05, 0) is 64.4 Å². The molecular formula is C28H28ClN7O3. The van der Waals surface area contributed by atoms with Crippen LogP contribution in [0.1, 0.15) is 16.7 Å². The highest BCUT2D eigenvalue weighted by Crippen LogP contribution is 2.20. The number of tetrazole rings is 1. The number of hydrogen-bond acceptors (Lipinski definition) is 7. The summed E-state index contributed by atoms with van der Waals surface area (Å²) < 4.78 is 6.10. The molecule has 10 nitrogen and oxygen atoms in total. The van der Waals surface area contributed by atoms with Crippen LogP contribution >= 0.6 is 11.6 Å². The number of rotatable bonds is 11. The lowest BCUT2D eigenvalue weighted by molar-refractivity contribution is -0.117. The second kappa shape index (κ2) is 13.7. The van der Waals surface area contributed by atoms with E-state index in [0.29, 0.717) is 35.8 Å². The second-order valence-electron chi connectivity index (χ2n) is 8.61. The molecule has 0 radical (unpaired) electrons. The largest absolute Gasteiger partial charge is 0.453 e. The van der Waals surface area contributed by atoms with Crippen molar-refractivity contribution in [3.8, 4) is 5.69 Å². The molecule has 39 heavy (non-hydrogen) atoms. The summed E-state index contributed by atoms with van der Waals surface area (Å²) in [5.41, 5.74) is 4.33. The summed E-state index contributed by atoms with van der Waals surface area (Å²) in [6, 6.07) is 22.7. The summed E-state index contributed by atoms with van der Waals surface area (Å²) in [6.45, 7) is 0.870. The summed E-state index contributed by atoms with van der Waals surface area (Å²) in [7, 11) is 1.33. The van der Waals surface area contributed by atoms with E-state index in [2.05, 4.69) is 36.2 Å². The maximum absolute atomic E-state index is 13.0. The second-order valence-corrected chi connectivity index (χ2v) is 9.05. The molecule has 11 heteroatoms. The molecule has 0 saturated carbocycles. The van der Waals surface area contributed by atoms with Crippen molar-refractivity contribution < 1.29 is 14.3 Å². The molecule has 0 aliphatic rings. The number of alkyl carbamates (subject to hydrolysis) is 1. The van der Waals surface area contributed by atoms with Crippen molar-refractivity contribution in [3.05, 3.63) is 107 Å². The van der Waals surface area contributed by atoms with Crippen LogP contribution in [0.2, 0.25) is 5.02 Å². The zero-order chi connectivity index (χ0) is 27.5. The SMILES string of the molecule is COC(=O)NCc1ccc(NCC(Cc2ccccc2)NC(=O)C=Cc2cc(Cl)ccc2-n2cnnn2)cc1. The first-order valence-corrected chi connectivity index (χ1v) is 12.6. The molecule has 0 fully saturated rings. The van der Waals surface area contributed by atoms with Gasteiger partial charge in [0.15, 0.2) is 0 Å². The number of nitrogens with one attached hydrogen (secondary N) is 3. The molecular weight excluding hydrogens is 518 g/mol. The van der Waals surface area contributed by atoms with Crippen molar-refractivity contribution in [1.29, 1.82) is 0 Å². The van der Waals surface area contributed by atoms with Gasteiger partial charge in [0, 0.05) is 35.4 Å². The van der Waals surface area contributed by atoms with Gasteiger partial charge in [-0.15, -0.1) is 5.10 Å². The van der Waals surface area contributed by atoms with Crippen LogP contribution in [0, 0.1) is 0 Å². The van der Waals surface area contributed by atoms with Gasteiger partial charge in [0.1, 0.15) is 6.33 Å². The molecule has 0 spiro atoms. The topological polar surface area (TPSA) is 123 Å². The number of carbonyl (C=O) groups excluding carboxylic acids is 2. The Morgan fingerprint density at radius 3 is 2.56 bits per heavy atom. The first-order valence-electron chi connectivity index (χ1n) is 12.2. The van der Waals surface area contributed by atoms with Crippen molar-refractivity contribution in [1.82, 2.24) is 30.8 Å². The number of ether oxygens (including phenoxy) is 1. The zero-order valence-electron chi connectivity index (χ0n) is 21.3. The van der Waals surface area contributed by atoms with Gasteiger partial charge in [0.05, 0.1) is 18.8 Å². The Kier molecular flexibility index (Phi) is 9.63. The highest BCUT2D eigenvalue weighted by molar-refractivity contribution is 6.30. The van der Waals surface area contributed by atoms with E-state index in [9.17, 15) is 9.59 Å². The van der Waals surface area contributed by atoms with Crippen LogP contribution in [-0.4, -0.2) is 51.9 Å². The van der Waals surface area contributed by atoms with Crippen molar-refractivity contribution in [2.45, 2.75) is 19.0 Å². The van der Waals surface area contributed by atoms with E-state index < -0.39 is 6.09 Å². The molecule has 2 amide bonds. The van der Waals surface area contributed by atoms with E-state index in [1.165, 1.54) is 24.2 Å². The van der Waals surface area contributed by atoms with E-state index in [4.69, 9.17) is 11.6 Å². The maximum Gasteiger partial charge on any atom is 0.407 e. The van der Waals surface area contributed by atoms with Gasteiger partial charge in [-0.25, -0.2) is 4.79 Å². The fourth-order valence-corrected chi connectivity index (χ4v) is 4.04. The van der Waals surface area contributed by atoms with E-state index in [0.717, 1.165) is 16.8 Å². The Bertz CT molecular complexity index is 1390. The molecule has 1 unspecified atom stereocenters. The lowest BCUT2D eigenvalue weighted by atomic mass is 10.1. The molecule has 200 valence electrons. The number of hydrogen-bond donors (Lipinski definition) is 3. The zero-order valence-corrected chi connectivity index (χ0v) is 22.0. The average Bonchev–Trinajstić information content (AvgIpc) is 3.49. The quantitative estimate of drug-likeness (QED) is 0.243. The first kappa shape index (κ1) is 27.3. The van der Waals surface area contributed by atoms with Crippen LogP contribution in [0.15, 0.2) is 85.2 Å². The van der Waals surface area contributed by atoms with Gasteiger partial charge in [-0.3, -0.25) is 4.79 Å². The van der Waals surface area contributed by atoms with Crippen molar-refractivity contribution in [2.75, 3.05) is 19.0 Å². The van der Waals surface area contributed by atoms with Crippen molar-refractivity contribution in [2.24, 2.45) is 0 Å². The fraction of sp³-hybridized carbons (Fsp3) is 0.179. The van der Waals surface area contributed by atoms with Crippen LogP contribution in [0.3, 0.4) is 0 Å². The number of nitrogens with zero attached hydrogens (tertiary/aromatic N) is 4. The standard InChI is InChI=1S/C28H28ClN7O3/c1-39-28(38)31-17-21-7-11-24(12-8-21)30-18-25(15-20-5-3-2-4-6-20)33-27(37)14-9-22-16-23(29)10-13-26(22)36-19-32-34-35-36/h2-14,16,19,25,30H,15,17-18H2,1H3,(H,31,38)(H,33,37). The Morgan fingerprint density at radius 2 is 1.85 bits per heavy atom. The van der Waals surface area contributed by atoms with Gasteiger partial charge in [0.25, 0.3) is 0 Å². The van der Waals surface area contributed by atoms with Gasteiger partial charge in [-0.1, -0.05) is 54.1 Å². The van der Waals surface area contributed by atoms with Crippen molar-refractivity contribution in [3.63, 3.8) is 0 Å². The summed E-state index contributed by atoms with van der Waals surface area (Å²) in [5, 5.41) is 20.9. The molecule has 0 saturated heterocycles. The molecule has 3 aromatic carbocycles. The predicted octanol–water partition coefficient (Wildman–Crippen LogP) is 4.02. The summed E-state index contributed by atoms with van der Waals surface area (Å²) in [5.74, 6) is -0.246. The molecule has 4 aromatic rings. The Labute approximate surface area is 231 Å². The van der Waals surface area contributed by atoms with Crippen molar-refractivity contribution >= 4 is 35.4 Å². The molecule has 1 aromatic heterocycles. The smallest absolute Gasteiger partial charge is 0.407 e. The van der Waals surface area contributed by atoms with E-state index in [-0.39, 0.29) is 11.9 Å². The normalized spacial score (nSPS) is 11.6. The summed E-state index contributed by atoms with van der Waals surface area (Å²) >= 11 is 6.19. The van der Waals surface area contributed by atoms with Crippen LogP contribution < -0.4 is 16.0 Å². The third kappa shape index (κ3) is 8.41. The highest BCUT2D eigenvalue weighted by Gasteiger charge is 2.13. The van der Waals surface area contributed by atoms with E-state index in [1.807, 2.05) is 54.6 Å². The van der Waals surface area contributed by atoms with Crippen LogP contribution in [0.4, 0.5) is 10.5 Å². The third-order valence-electron chi connectivity index (χ3n) is 5.80. The molecule has 0 bridgehead atoms. The Balaban J connectivity index is 1.42. The van der Waals surface area contributed by atoms with Crippen LogP contribution in [-0.2, 0) is 22.5 Å². The minimum atomic E-state index is -0.479. The first-order chi connectivity index (χ1) is 19.0. The monoisotopic (exact) mass is 545 g/mol. The maximum atomic E-state index is 13.0. The minimum Gasteiger partial charge on any atom is -0.453 e. The summed E-state index contributed by atoms with van der Waals surface area (Å²) in [6.07, 6.45) is 4.80. The van der Waals surface area contributed by atoms with Gasteiger partial charge in [0.2, 0.25) is 5.91 Å². The van der Waals surface area contributed by atoms with Gasteiger partial charge in [-0.2, -0.15) is 4.68 Å². The third-order valence-corrected chi connectivity index (χ3v) is 6.03. The number of methoxy groups -OCH3 is 1. The molecule has 4 rings (SSSR count). The van der Waals surface area contributed by atoms with E-state index in [1.54, 1.807) is 24.3 Å². The van der Waals surface area contributed by atoms with Gasteiger partial charge >= 0.3 is 6.09 Å². The van der Waals surface area contributed by atoms with Crippen LogP contribution in [0.5, 0.6) is 0 Å². The number of anilines is 1. The fourth-order valence-electron chi connectivity index (χ4n) is 3.85. The molecule has 0 aliphatic heterocycles. The lowest BCUT2D eigenvalue weighted by Gasteiger charge is -2.20. The van der Waals surface area contributed by atoms with E-state index >= 15 is 0 Å². The molecule has 1 heterocycles. The number of benzene rings is 3. The molecule has 3 N–H and O–H groups in total. The average molecular weight is 546 g/mol. The molecule has 0 aliphatic carbocycles. The molecule has 1 atom stereocenters. The Morgan fingerprint density at radius 1 is 1.05 bits per heavy atom. The number of aromatic nitrogens is 4. The van der Waals surface area contributed by atoms with Crippen LogP contribution in [0.25, 0.3) is 11.8 Å². The highest BCUT2D eigenvalue weighted by atomic mass is 35.5. The lowest BCUT2D eigenvalue weighted by Crippen LogP contribution is -2.40. The number of amides is 2. The number of carbonyl (C=O) groups is 2. The predicted molar refractivity (Wildman–Crippen MR) is 149 cm³/mol. The Hall–Kier alpha value is -4.70. The number of halogens is 1. The summed E-state index contributed by atoms with van der Waals surface area (Å²) in [4.78, 5) is 24.2. The van der Waals surface area contributed by atoms with Gasteiger partial charge < -0.3 is 20.7 Å².